The van der Waals surface area contributed by atoms with Crippen molar-refractivity contribution in [2.45, 2.75) is 18.9 Å². The van der Waals surface area contributed by atoms with Gasteiger partial charge in [0.25, 0.3) is 0 Å². The maximum Gasteiger partial charge on any atom is 0.238 e. The molecule has 0 saturated heterocycles. The molecule has 0 aliphatic heterocycles. The number of nitrogens with zero attached hydrogens (tertiary/aromatic N) is 1. The van der Waals surface area contributed by atoms with Crippen molar-refractivity contribution >= 4 is 31.6 Å². The summed E-state index contributed by atoms with van der Waals surface area (Å²) in [5, 5.41) is 3.31. The molecule has 6 nitrogen and oxygen atoms in total. The maximum atomic E-state index is 11.3. The average molecular weight is 350 g/mol. The van der Waals surface area contributed by atoms with Crippen LogP contribution in [-0.2, 0) is 10.0 Å². The molecule has 0 atom stereocenters. The number of ether oxygens (including phenoxy) is 1. The number of nitrogens with one attached hydrogen (secondary N) is 2. The largest absolute Gasteiger partial charge is 0.475 e. The summed E-state index contributed by atoms with van der Waals surface area (Å²) in [6, 6.07) is 2.24. The van der Waals surface area contributed by atoms with Crippen LogP contribution in [0.3, 0.4) is 0 Å². The number of hydrogen-bond acceptors (Lipinski definition) is 5. The summed E-state index contributed by atoms with van der Waals surface area (Å²) < 4.78 is 31.1. The van der Waals surface area contributed by atoms with Crippen LogP contribution in [0.25, 0.3) is 0 Å². The summed E-state index contributed by atoms with van der Waals surface area (Å²) in [6.45, 7) is 1.17. The van der Waals surface area contributed by atoms with Crippen molar-refractivity contribution in [2.75, 3.05) is 24.1 Å². The molecule has 1 aliphatic rings. The van der Waals surface area contributed by atoms with E-state index in [2.05, 4.69) is 31.0 Å². The third kappa shape index (κ3) is 5.33. The Bertz CT molecular complexity index is 546. The number of aromatic nitrogens is 1. The van der Waals surface area contributed by atoms with E-state index in [1.54, 1.807) is 12.3 Å². The zero-order chi connectivity index (χ0) is 13.9. The summed E-state index contributed by atoms with van der Waals surface area (Å²) in [6.07, 6.45) is 5.10. The molecule has 2 N–H and O–H groups in total. The Morgan fingerprint density at radius 2 is 2.26 bits per heavy atom. The molecular weight excluding hydrogens is 334 g/mol. The first-order chi connectivity index (χ1) is 8.94. The van der Waals surface area contributed by atoms with Gasteiger partial charge < -0.3 is 10.1 Å². The molecule has 8 heteroatoms. The second-order valence-electron chi connectivity index (χ2n) is 4.46. The lowest BCUT2D eigenvalue weighted by molar-refractivity contribution is 0.303. The summed E-state index contributed by atoms with van der Waals surface area (Å²) in [4.78, 5) is 4.07. The van der Waals surface area contributed by atoms with Crippen molar-refractivity contribution in [2.24, 2.45) is 0 Å². The molecule has 1 heterocycles. The molecule has 2 rings (SSSR count). The Labute approximate surface area is 121 Å². The second kappa shape index (κ2) is 6.06. The van der Waals surface area contributed by atoms with Gasteiger partial charge in [-0.3, -0.25) is 4.72 Å². The van der Waals surface area contributed by atoms with Crippen molar-refractivity contribution in [1.29, 1.82) is 0 Å². The SMILES string of the molecule is CS(=O)(=O)Nc1cc(Br)cnc1OCCNC1CC1. The van der Waals surface area contributed by atoms with Gasteiger partial charge in [-0.15, -0.1) is 0 Å². The van der Waals surface area contributed by atoms with Gasteiger partial charge in [0.2, 0.25) is 15.9 Å². The zero-order valence-electron chi connectivity index (χ0n) is 10.5. The van der Waals surface area contributed by atoms with E-state index in [1.807, 2.05) is 0 Å². The van der Waals surface area contributed by atoms with Gasteiger partial charge in [-0.05, 0) is 34.8 Å². The van der Waals surface area contributed by atoms with Crippen molar-refractivity contribution in [3.63, 3.8) is 0 Å². The fourth-order valence-corrected chi connectivity index (χ4v) is 2.39. The normalized spacial score (nSPS) is 15.3. The topological polar surface area (TPSA) is 80.3 Å². The highest BCUT2D eigenvalue weighted by Gasteiger charge is 2.19. The molecule has 0 aromatic carbocycles. The van der Waals surface area contributed by atoms with E-state index in [0.29, 0.717) is 22.8 Å². The van der Waals surface area contributed by atoms with Gasteiger partial charge >= 0.3 is 0 Å². The molecule has 1 aromatic rings. The molecule has 19 heavy (non-hydrogen) atoms. The average Bonchev–Trinajstić information content (AvgIpc) is 3.08. The highest BCUT2D eigenvalue weighted by Crippen LogP contribution is 2.26. The van der Waals surface area contributed by atoms with Crippen LogP contribution in [0, 0.1) is 0 Å². The molecule has 106 valence electrons. The van der Waals surface area contributed by atoms with Crippen LogP contribution in [0.5, 0.6) is 5.88 Å². The molecular formula is C11H16BrN3O3S. The Hall–Kier alpha value is -0.860. The van der Waals surface area contributed by atoms with Crippen molar-refractivity contribution in [1.82, 2.24) is 10.3 Å². The van der Waals surface area contributed by atoms with Crippen LogP contribution in [0.1, 0.15) is 12.8 Å². The standard InChI is InChI=1S/C11H16BrN3O3S/c1-19(16,17)15-10-6-8(12)7-14-11(10)18-5-4-13-9-2-3-9/h6-7,9,13,15H,2-5H2,1H3. The van der Waals surface area contributed by atoms with Crippen molar-refractivity contribution in [3.05, 3.63) is 16.7 Å². The van der Waals surface area contributed by atoms with Crippen molar-refractivity contribution < 1.29 is 13.2 Å². The Balaban J connectivity index is 1.96. The molecule has 1 saturated carbocycles. The fourth-order valence-electron chi connectivity index (χ4n) is 1.51. The Kier molecular flexibility index (Phi) is 4.64. The highest BCUT2D eigenvalue weighted by molar-refractivity contribution is 9.10. The van der Waals surface area contributed by atoms with Crippen molar-refractivity contribution in [3.8, 4) is 5.88 Å². The molecule has 0 bridgehead atoms. The first kappa shape index (κ1) is 14.5. The fraction of sp³-hybridized carbons (Fsp3) is 0.545. The Morgan fingerprint density at radius 1 is 1.53 bits per heavy atom. The molecule has 0 radical (unpaired) electrons. The summed E-state index contributed by atoms with van der Waals surface area (Å²) >= 11 is 3.25. The van der Waals surface area contributed by atoms with Crippen LogP contribution in [0.4, 0.5) is 5.69 Å². The summed E-state index contributed by atoms with van der Waals surface area (Å²) in [5.74, 6) is 0.284. The third-order valence-corrected chi connectivity index (χ3v) is 3.49. The van der Waals surface area contributed by atoms with E-state index < -0.39 is 10.0 Å². The number of halogens is 1. The predicted molar refractivity (Wildman–Crippen MR) is 76.9 cm³/mol. The quantitative estimate of drug-likeness (QED) is 0.726. The van der Waals surface area contributed by atoms with Gasteiger partial charge in [-0.2, -0.15) is 0 Å². The molecule has 1 aromatic heterocycles. The summed E-state index contributed by atoms with van der Waals surface area (Å²) in [7, 11) is -3.36. The van der Waals surface area contributed by atoms with Gasteiger partial charge in [0.05, 0.1) is 6.26 Å². The molecule has 1 aliphatic carbocycles. The minimum atomic E-state index is -3.36. The minimum absolute atomic E-state index is 0.284. The van der Waals surface area contributed by atoms with Gasteiger partial charge in [0.15, 0.2) is 0 Å². The maximum absolute atomic E-state index is 11.3. The van der Waals surface area contributed by atoms with E-state index >= 15 is 0 Å². The minimum Gasteiger partial charge on any atom is -0.475 e. The third-order valence-electron chi connectivity index (χ3n) is 2.46. The summed E-state index contributed by atoms with van der Waals surface area (Å²) in [5.41, 5.74) is 0.336. The van der Waals surface area contributed by atoms with Crippen LogP contribution < -0.4 is 14.8 Å². The van der Waals surface area contributed by atoms with Gasteiger partial charge in [-0.25, -0.2) is 13.4 Å². The van der Waals surface area contributed by atoms with E-state index in [0.717, 1.165) is 12.8 Å². The predicted octanol–water partition coefficient (Wildman–Crippen LogP) is 1.35. The number of pyridine rings is 1. The number of rotatable bonds is 7. The van der Waals surface area contributed by atoms with Gasteiger partial charge in [0.1, 0.15) is 12.3 Å². The van der Waals surface area contributed by atoms with E-state index in [-0.39, 0.29) is 5.88 Å². The van der Waals surface area contributed by atoms with E-state index in [1.165, 1.54) is 12.8 Å². The smallest absolute Gasteiger partial charge is 0.238 e. The van der Waals surface area contributed by atoms with Gasteiger partial charge in [0, 0.05) is 23.3 Å². The molecule has 1 fully saturated rings. The zero-order valence-corrected chi connectivity index (χ0v) is 12.9. The number of hydrogen-bond donors (Lipinski definition) is 2. The molecule has 0 spiro atoms. The van der Waals surface area contributed by atoms with Crippen LogP contribution in [-0.4, -0.2) is 38.9 Å². The lowest BCUT2D eigenvalue weighted by Gasteiger charge is -2.11. The molecule has 0 unspecified atom stereocenters. The van der Waals surface area contributed by atoms with Crippen LogP contribution in [0.15, 0.2) is 16.7 Å². The van der Waals surface area contributed by atoms with Crippen LogP contribution >= 0.6 is 15.9 Å². The van der Waals surface area contributed by atoms with E-state index in [9.17, 15) is 8.42 Å². The highest BCUT2D eigenvalue weighted by atomic mass is 79.9. The first-order valence-corrected chi connectivity index (χ1v) is 8.62. The Morgan fingerprint density at radius 3 is 2.89 bits per heavy atom. The first-order valence-electron chi connectivity index (χ1n) is 5.93. The monoisotopic (exact) mass is 349 g/mol. The number of anilines is 1. The second-order valence-corrected chi connectivity index (χ2v) is 7.12. The lowest BCUT2D eigenvalue weighted by Crippen LogP contribution is -2.23. The van der Waals surface area contributed by atoms with E-state index in [4.69, 9.17) is 4.74 Å². The number of sulfonamides is 1. The molecule has 0 amide bonds. The van der Waals surface area contributed by atoms with Crippen LogP contribution in [0.2, 0.25) is 0 Å². The lowest BCUT2D eigenvalue weighted by atomic mass is 10.4. The van der Waals surface area contributed by atoms with Gasteiger partial charge in [-0.1, -0.05) is 0 Å².